The Bertz CT molecular complexity index is 1280. The summed E-state index contributed by atoms with van der Waals surface area (Å²) >= 11 is 0. The predicted molar refractivity (Wildman–Crippen MR) is 119 cm³/mol. The second-order valence-corrected chi connectivity index (χ2v) is 10.9. The van der Waals surface area contributed by atoms with Crippen LogP contribution in [0.5, 0.6) is 11.5 Å². The van der Waals surface area contributed by atoms with E-state index >= 15 is 0 Å². The lowest BCUT2D eigenvalue weighted by Gasteiger charge is -2.20. The topological polar surface area (TPSA) is 99.1 Å². The molecule has 0 amide bonds. The van der Waals surface area contributed by atoms with Crippen LogP contribution in [0.25, 0.3) is 0 Å². The van der Waals surface area contributed by atoms with Crippen molar-refractivity contribution in [2.24, 2.45) is 4.99 Å². The van der Waals surface area contributed by atoms with Gasteiger partial charge in [0.05, 0.1) is 40.3 Å². The summed E-state index contributed by atoms with van der Waals surface area (Å²) < 4.78 is 63.6. The molecule has 0 N–H and O–H groups in total. The fraction of sp³-hybridized carbons (Fsp3) is 0.174. The number of ether oxygens (including phenoxy) is 2. The molecule has 9 heteroatoms. The van der Waals surface area contributed by atoms with Gasteiger partial charge in [-0.2, -0.15) is 0 Å². The van der Waals surface area contributed by atoms with Crippen LogP contribution >= 0.6 is 0 Å². The molecule has 0 aliphatic carbocycles. The van der Waals surface area contributed by atoms with E-state index < -0.39 is 19.7 Å². The van der Waals surface area contributed by atoms with E-state index in [1.807, 2.05) is 0 Å². The Morgan fingerprint density at radius 2 is 1.09 bits per heavy atom. The molecule has 0 unspecified atom stereocenters. The molecule has 4 rings (SSSR count). The Labute approximate surface area is 187 Å². The molecule has 0 saturated carbocycles. The van der Waals surface area contributed by atoms with Crippen LogP contribution in [0.15, 0.2) is 85.2 Å². The van der Waals surface area contributed by atoms with Crippen molar-refractivity contribution >= 4 is 25.9 Å². The first-order valence-electron chi connectivity index (χ1n) is 9.70. The van der Waals surface area contributed by atoms with Gasteiger partial charge >= 0.3 is 0 Å². The van der Waals surface area contributed by atoms with Crippen molar-refractivity contribution in [2.45, 2.75) is 32.5 Å². The zero-order valence-corrected chi connectivity index (χ0v) is 19.1. The van der Waals surface area contributed by atoms with Gasteiger partial charge in [-0.25, -0.2) is 16.8 Å². The first kappa shape index (κ1) is 22.0. The van der Waals surface area contributed by atoms with Crippen LogP contribution in [0.2, 0.25) is 0 Å². The molecule has 0 radical (unpaired) electrons. The first-order valence-corrected chi connectivity index (χ1v) is 12.7. The first-order chi connectivity index (χ1) is 15.3. The standard InChI is InChI=1S/C23H21NO6S2/c1-29-16-3-7-18(8-4-16)31(25,26)22-11-12-23(21-15-24-14-13-20(21)22)32(27,28)19-9-5-17(30-2)6-10-19/h3-12,14H,13,15H2,1-2H3. The summed E-state index contributed by atoms with van der Waals surface area (Å²) in [4.78, 5) is 4.55. The third kappa shape index (κ3) is 3.78. The third-order valence-corrected chi connectivity index (χ3v) is 9.05. The van der Waals surface area contributed by atoms with E-state index in [9.17, 15) is 16.8 Å². The van der Waals surface area contributed by atoms with Crippen molar-refractivity contribution in [2.75, 3.05) is 14.2 Å². The Hall–Kier alpha value is -3.17. The molecule has 0 saturated heterocycles. The molecule has 0 bridgehead atoms. The van der Waals surface area contributed by atoms with Gasteiger partial charge in [0.15, 0.2) is 0 Å². The molecule has 3 aromatic rings. The Morgan fingerprint density at radius 3 is 1.53 bits per heavy atom. The molecule has 0 spiro atoms. The predicted octanol–water partition coefficient (Wildman–Crippen LogP) is 3.50. The molecule has 0 fully saturated rings. The van der Waals surface area contributed by atoms with E-state index in [1.165, 1.54) is 50.6 Å². The largest absolute Gasteiger partial charge is 0.497 e. The summed E-state index contributed by atoms with van der Waals surface area (Å²) in [5.74, 6) is 1.08. The normalized spacial score (nSPS) is 13.4. The van der Waals surface area contributed by atoms with Crippen LogP contribution in [0.3, 0.4) is 0 Å². The Kier molecular flexibility index (Phi) is 5.79. The van der Waals surface area contributed by atoms with E-state index in [1.54, 1.807) is 30.5 Å². The van der Waals surface area contributed by atoms with Gasteiger partial charge in [0, 0.05) is 12.6 Å². The lowest BCUT2D eigenvalue weighted by Crippen LogP contribution is -2.15. The Morgan fingerprint density at radius 1 is 0.656 bits per heavy atom. The number of hydrogen-bond acceptors (Lipinski definition) is 7. The summed E-state index contributed by atoms with van der Waals surface area (Å²) in [7, 11) is -4.75. The maximum absolute atomic E-state index is 13.4. The summed E-state index contributed by atoms with van der Waals surface area (Å²) in [6.45, 7) is 0.0893. The number of rotatable bonds is 6. The summed E-state index contributed by atoms with van der Waals surface area (Å²) in [5, 5.41) is 0. The summed E-state index contributed by atoms with van der Waals surface area (Å²) in [6.07, 6.45) is 1.84. The fourth-order valence-corrected chi connectivity index (χ4v) is 6.66. The van der Waals surface area contributed by atoms with Crippen LogP contribution < -0.4 is 9.47 Å². The van der Waals surface area contributed by atoms with Crippen molar-refractivity contribution in [1.29, 1.82) is 0 Å². The molecule has 3 aromatic carbocycles. The van der Waals surface area contributed by atoms with Gasteiger partial charge in [-0.3, -0.25) is 4.99 Å². The van der Waals surface area contributed by atoms with Crippen molar-refractivity contribution in [3.05, 3.63) is 71.8 Å². The lowest BCUT2D eigenvalue weighted by atomic mass is 10.0. The molecule has 166 valence electrons. The number of sulfone groups is 2. The second kappa shape index (κ2) is 8.40. The van der Waals surface area contributed by atoms with Crippen LogP contribution in [-0.2, 0) is 32.6 Å². The van der Waals surface area contributed by atoms with E-state index in [2.05, 4.69) is 4.99 Å². The average Bonchev–Trinajstić information content (AvgIpc) is 2.83. The highest BCUT2D eigenvalue weighted by atomic mass is 32.2. The zero-order valence-electron chi connectivity index (χ0n) is 17.5. The number of hydrogen-bond donors (Lipinski definition) is 0. The van der Waals surface area contributed by atoms with Crippen molar-refractivity contribution in [3.63, 3.8) is 0 Å². The van der Waals surface area contributed by atoms with E-state index in [4.69, 9.17) is 9.47 Å². The fourth-order valence-electron chi connectivity index (χ4n) is 3.63. The molecule has 0 aromatic heterocycles. The summed E-state index contributed by atoms with van der Waals surface area (Å²) in [6, 6.07) is 14.9. The molecule has 1 aliphatic rings. The van der Waals surface area contributed by atoms with E-state index in [0.29, 0.717) is 22.6 Å². The number of methoxy groups -OCH3 is 2. The van der Waals surface area contributed by atoms with Crippen LogP contribution in [0, 0.1) is 0 Å². The molecule has 32 heavy (non-hydrogen) atoms. The minimum atomic E-state index is -3.88. The minimum absolute atomic E-state index is 0.0585. The van der Waals surface area contributed by atoms with Crippen LogP contribution in [0.4, 0.5) is 0 Å². The molecule has 1 aliphatic heterocycles. The molecule has 0 atom stereocenters. The average molecular weight is 472 g/mol. The third-order valence-electron chi connectivity index (χ3n) is 5.34. The van der Waals surface area contributed by atoms with Gasteiger partial charge < -0.3 is 9.47 Å². The number of benzene rings is 3. The van der Waals surface area contributed by atoms with Gasteiger partial charge in [-0.05, 0) is 71.8 Å². The highest BCUT2D eigenvalue weighted by Gasteiger charge is 2.30. The number of aliphatic imine (C=N–C) groups is 1. The lowest BCUT2D eigenvalue weighted by molar-refractivity contribution is 0.414. The monoisotopic (exact) mass is 471 g/mol. The molecule has 1 heterocycles. The minimum Gasteiger partial charge on any atom is -0.497 e. The SMILES string of the molecule is COc1ccc(S(=O)(=O)c2ccc(S(=O)(=O)c3ccc(OC)cc3)c3c2CC=NC3)cc1. The second-order valence-electron chi connectivity index (χ2n) is 7.10. The van der Waals surface area contributed by atoms with Crippen LogP contribution in [-0.4, -0.2) is 37.3 Å². The van der Waals surface area contributed by atoms with Crippen molar-refractivity contribution in [3.8, 4) is 11.5 Å². The van der Waals surface area contributed by atoms with Crippen molar-refractivity contribution < 1.29 is 26.3 Å². The maximum atomic E-state index is 13.4. The van der Waals surface area contributed by atoms with Crippen LogP contribution in [0.1, 0.15) is 11.1 Å². The number of fused-ring (bicyclic) bond motifs is 1. The molecular weight excluding hydrogens is 450 g/mol. The van der Waals surface area contributed by atoms with E-state index in [0.717, 1.165) is 0 Å². The van der Waals surface area contributed by atoms with Gasteiger partial charge in [0.2, 0.25) is 19.7 Å². The highest BCUT2D eigenvalue weighted by Crippen LogP contribution is 2.35. The smallest absolute Gasteiger partial charge is 0.206 e. The van der Waals surface area contributed by atoms with Crippen molar-refractivity contribution in [1.82, 2.24) is 0 Å². The highest BCUT2D eigenvalue weighted by molar-refractivity contribution is 7.92. The molecule has 7 nitrogen and oxygen atoms in total. The summed E-state index contributed by atoms with van der Waals surface area (Å²) in [5.41, 5.74) is 0.850. The van der Waals surface area contributed by atoms with Gasteiger partial charge in [-0.1, -0.05) is 0 Å². The van der Waals surface area contributed by atoms with Gasteiger partial charge in [0.1, 0.15) is 11.5 Å². The van der Waals surface area contributed by atoms with E-state index in [-0.39, 0.29) is 32.5 Å². The molecular formula is C23H21NO6S2. The zero-order chi connectivity index (χ0) is 22.9. The number of nitrogens with zero attached hydrogens (tertiary/aromatic N) is 1. The quantitative estimate of drug-likeness (QED) is 0.546. The maximum Gasteiger partial charge on any atom is 0.206 e. The Balaban J connectivity index is 1.85. The van der Waals surface area contributed by atoms with Gasteiger partial charge in [0.25, 0.3) is 0 Å². The van der Waals surface area contributed by atoms with Gasteiger partial charge in [-0.15, -0.1) is 0 Å².